The fourth-order valence-electron chi connectivity index (χ4n) is 3.04. The molecular weight excluding hydrogens is 314 g/mol. The first-order valence-corrected chi connectivity index (χ1v) is 9.00. The summed E-state index contributed by atoms with van der Waals surface area (Å²) in [4.78, 5) is 6.00. The van der Waals surface area contributed by atoms with E-state index in [1.165, 1.54) is 15.8 Å². The monoisotopic (exact) mass is 335 g/mol. The van der Waals surface area contributed by atoms with E-state index in [4.69, 9.17) is 4.98 Å². The first kappa shape index (κ1) is 15.2. The van der Waals surface area contributed by atoms with Gasteiger partial charge in [0.15, 0.2) is 4.96 Å². The number of hydrogen-bond acceptors (Lipinski definition) is 3. The average Bonchev–Trinajstić information content (AvgIpc) is 3.04. The van der Waals surface area contributed by atoms with Gasteiger partial charge < -0.3 is 5.32 Å². The molecule has 0 aliphatic rings. The molecule has 0 atom stereocenters. The van der Waals surface area contributed by atoms with Gasteiger partial charge in [-0.25, -0.2) is 4.98 Å². The van der Waals surface area contributed by atoms with Crippen molar-refractivity contribution >= 4 is 32.3 Å². The zero-order valence-electron chi connectivity index (χ0n) is 14.4. The zero-order chi connectivity index (χ0) is 16.9. The normalized spacial score (nSPS) is 12.2. The SMILES string of the molecule is Cc1cccc2sc3nc(-c4ccccc4)c(NC(C)(C)C)n3c12. The van der Waals surface area contributed by atoms with E-state index in [1.807, 2.05) is 6.07 Å². The molecule has 0 bridgehead atoms. The lowest BCUT2D eigenvalue weighted by Gasteiger charge is -2.22. The summed E-state index contributed by atoms with van der Waals surface area (Å²) in [6, 6.07) is 16.9. The fourth-order valence-corrected chi connectivity index (χ4v) is 4.15. The molecule has 1 N–H and O–H groups in total. The average molecular weight is 335 g/mol. The smallest absolute Gasteiger partial charge is 0.197 e. The summed E-state index contributed by atoms with van der Waals surface area (Å²) in [6.45, 7) is 8.71. The fraction of sp³-hybridized carbons (Fsp3) is 0.250. The van der Waals surface area contributed by atoms with Crippen LogP contribution in [0.1, 0.15) is 26.3 Å². The van der Waals surface area contributed by atoms with Gasteiger partial charge in [0.25, 0.3) is 0 Å². The second kappa shape index (κ2) is 5.35. The molecule has 0 aliphatic carbocycles. The van der Waals surface area contributed by atoms with Crippen LogP contribution in [0.5, 0.6) is 0 Å². The van der Waals surface area contributed by atoms with E-state index in [-0.39, 0.29) is 5.54 Å². The summed E-state index contributed by atoms with van der Waals surface area (Å²) in [5.74, 6) is 1.07. The highest BCUT2D eigenvalue weighted by molar-refractivity contribution is 7.23. The number of nitrogens with zero attached hydrogens (tertiary/aromatic N) is 2. The highest BCUT2D eigenvalue weighted by Crippen LogP contribution is 2.38. The quantitative estimate of drug-likeness (QED) is 0.506. The second-order valence-corrected chi connectivity index (χ2v) is 8.20. The number of rotatable bonds is 2. The maximum Gasteiger partial charge on any atom is 0.197 e. The Morgan fingerprint density at radius 1 is 1.00 bits per heavy atom. The Hall–Kier alpha value is -2.33. The van der Waals surface area contributed by atoms with Crippen LogP contribution in [0.2, 0.25) is 0 Å². The summed E-state index contributed by atoms with van der Waals surface area (Å²) >= 11 is 1.74. The Bertz CT molecular complexity index is 1020. The number of thiazole rings is 1. The van der Waals surface area contributed by atoms with Crippen molar-refractivity contribution in [3.63, 3.8) is 0 Å². The standard InChI is InChI=1S/C20H21N3S/c1-13-9-8-12-15-17(13)23-18(22-20(2,3)4)16(21-19(23)24-15)14-10-6-5-7-11-14/h5-12,22H,1-4H3. The maximum atomic E-state index is 4.96. The summed E-state index contributed by atoms with van der Waals surface area (Å²) in [5.41, 5.74) is 4.63. The van der Waals surface area contributed by atoms with Crippen LogP contribution in [-0.4, -0.2) is 14.9 Å². The van der Waals surface area contributed by atoms with Gasteiger partial charge >= 0.3 is 0 Å². The van der Waals surface area contributed by atoms with E-state index in [0.29, 0.717) is 0 Å². The molecule has 0 radical (unpaired) electrons. The van der Waals surface area contributed by atoms with Gasteiger partial charge in [-0.3, -0.25) is 4.40 Å². The van der Waals surface area contributed by atoms with Crippen LogP contribution < -0.4 is 5.32 Å². The second-order valence-electron chi connectivity index (χ2n) is 7.19. The summed E-state index contributed by atoms with van der Waals surface area (Å²) in [6.07, 6.45) is 0. The lowest BCUT2D eigenvalue weighted by molar-refractivity contribution is 0.630. The molecule has 0 amide bonds. The van der Waals surface area contributed by atoms with Crippen LogP contribution in [0.15, 0.2) is 48.5 Å². The zero-order valence-corrected chi connectivity index (χ0v) is 15.2. The predicted octanol–water partition coefficient (Wildman–Crippen LogP) is 5.73. The van der Waals surface area contributed by atoms with Crippen LogP contribution in [0.4, 0.5) is 5.82 Å². The Kier molecular flexibility index (Phi) is 3.39. The van der Waals surface area contributed by atoms with Crippen LogP contribution in [0.25, 0.3) is 26.4 Å². The highest BCUT2D eigenvalue weighted by atomic mass is 32.1. The molecular formula is C20H21N3S. The molecule has 122 valence electrons. The van der Waals surface area contributed by atoms with E-state index in [2.05, 4.69) is 79.9 Å². The van der Waals surface area contributed by atoms with E-state index in [0.717, 1.165) is 22.0 Å². The maximum absolute atomic E-state index is 4.96. The number of para-hydroxylation sites is 1. The van der Waals surface area contributed by atoms with E-state index in [1.54, 1.807) is 11.3 Å². The summed E-state index contributed by atoms with van der Waals surface area (Å²) in [7, 11) is 0. The largest absolute Gasteiger partial charge is 0.365 e. The molecule has 0 spiro atoms. The number of nitrogens with one attached hydrogen (secondary N) is 1. The molecule has 3 nitrogen and oxygen atoms in total. The third kappa shape index (κ3) is 2.47. The van der Waals surface area contributed by atoms with Crippen molar-refractivity contribution in [1.29, 1.82) is 0 Å². The number of anilines is 1. The summed E-state index contributed by atoms with van der Waals surface area (Å²) in [5, 5.41) is 3.68. The number of aromatic nitrogens is 2. The van der Waals surface area contributed by atoms with Gasteiger partial charge in [-0.1, -0.05) is 53.8 Å². The topological polar surface area (TPSA) is 29.3 Å². The molecule has 4 aromatic rings. The van der Waals surface area contributed by atoms with Crippen LogP contribution >= 0.6 is 11.3 Å². The van der Waals surface area contributed by atoms with E-state index in [9.17, 15) is 0 Å². The van der Waals surface area contributed by atoms with Crippen molar-refractivity contribution in [2.45, 2.75) is 33.2 Å². The third-order valence-corrected chi connectivity index (χ3v) is 5.02. The van der Waals surface area contributed by atoms with Gasteiger partial charge in [0, 0.05) is 11.1 Å². The van der Waals surface area contributed by atoms with Gasteiger partial charge in [0.05, 0.1) is 10.2 Å². The van der Waals surface area contributed by atoms with Gasteiger partial charge in [-0.05, 0) is 39.3 Å². The number of fused-ring (bicyclic) bond motifs is 3. The summed E-state index contributed by atoms with van der Waals surface area (Å²) < 4.78 is 3.55. The molecule has 2 aromatic heterocycles. The van der Waals surface area contributed by atoms with Crippen LogP contribution in [0, 0.1) is 6.92 Å². The molecule has 0 saturated carbocycles. The Morgan fingerprint density at radius 2 is 1.75 bits per heavy atom. The highest BCUT2D eigenvalue weighted by Gasteiger charge is 2.22. The molecule has 4 heteroatoms. The van der Waals surface area contributed by atoms with Crippen molar-refractivity contribution in [2.24, 2.45) is 0 Å². The van der Waals surface area contributed by atoms with Gasteiger partial charge in [0.1, 0.15) is 11.5 Å². The molecule has 4 rings (SSSR count). The molecule has 2 heterocycles. The van der Waals surface area contributed by atoms with E-state index >= 15 is 0 Å². The molecule has 0 unspecified atom stereocenters. The predicted molar refractivity (Wildman–Crippen MR) is 104 cm³/mol. The first-order valence-electron chi connectivity index (χ1n) is 8.18. The molecule has 24 heavy (non-hydrogen) atoms. The molecule has 0 saturated heterocycles. The molecule has 0 aliphatic heterocycles. The van der Waals surface area contributed by atoms with Gasteiger partial charge in [-0.2, -0.15) is 0 Å². The minimum absolute atomic E-state index is 0.0452. The Labute approximate surface area is 146 Å². The van der Waals surface area contributed by atoms with E-state index < -0.39 is 0 Å². The minimum Gasteiger partial charge on any atom is -0.365 e. The molecule has 0 fully saturated rings. The van der Waals surface area contributed by atoms with Crippen LogP contribution in [-0.2, 0) is 0 Å². The number of imidazole rings is 1. The van der Waals surface area contributed by atoms with Crippen molar-refractivity contribution < 1.29 is 0 Å². The first-order chi connectivity index (χ1) is 11.4. The minimum atomic E-state index is -0.0452. The van der Waals surface area contributed by atoms with Crippen molar-refractivity contribution in [3.8, 4) is 11.3 Å². The Morgan fingerprint density at radius 3 is 2.46 bits per heavy atom. The number of hydrogen-bond donors (Lipinski definition) is 1. The van der Waals surface area contributed by atoms with Crippen molar-refractivity contribution in [2.75, 3.05) is 5.32 Å². The lowest BCUT2D eigenvalue weighted by atomic mass is 10.1. The molecule has 2 aromatic carbocycles. The van der Waals surface area contributed by atoms with Crippen LogP contribution in [0.3, 0.4) is 0 Å². The number of aryl methyl sites for hydroxylation is 1. The third-order valence-electron chi connectivity index (χ3n) is 4.01. The Balaban J connectivity index is 2.08. The number of benzene rings is 2. The van der Waals surface area contributed by atoms with Crippen molar-refractivity contribution in [1.82, 2.24) is 9.38 Å². The van der Waals surface area contributed by atoms with Crippen molar-refractivity contribution in [3.05, 3.63) is 54.1 Å². The van der Waals surface area contributed by atoms with Gasteiger partial charge in [-0.15, -0.1) is 0 Å². The lowest BCUT2D eigenvalue weighted by Crippen LogP contribution is -2.27. The van der Waals surface area contributed by atoms with Gasteiger partial charge in [0.2, 0.25) is 0 Å².